The molecule has 0 bridgehead atoms. The summed E-state index contributed by atoms with van der Waals surface area (Å²) in [5, 5.41) is 3.18. The van der Waals surface area contributed by atoms with Crippen molar-refractivity contribution in [2.45, 2.75) is 27.1 Å². The Balaban J connectivity index is 1.92. The first-order valence-corrected chi connectivity index (χ1v) is 6.45. The average molecular weight is 248 g/mol. The van der Waals surface area contributed by atoms with E-state index in [-0.39, 0.29) is 5.91 Å². The molecule has 1 aliphatic rings. The highest BCUT2D eigenvalue weighted by atomic mass is 16.5. The van der Waals surface area contributed by atoms with Crippen LogP contribution in [0.1, 0.15) is 25.0 Å². The minimum Gasteiger partial charge on any atom is -0.376 e. The largest absolute Gasteiger partial charge is 0.376 e. The molecule has 1 aromatic carbocycles. The number of benzene rings is 1. The van der Waals surface area contributed by atoms with Crippen molar-refractivity contribution in [3.63, 3.8) is 0 Å². The van der Waals surface area contributed by atoms with Gasteiger partial charge in [0.1, 0.15) is 0 Å². The summed E-state index contributed by atoms with van der Waals surface area (Å²) in [4.78, 5) is 13.7. The number of rotatable bonds is 5. The van der Waals surface area contributed by atoms with E-state index in [0.717, 1.165) is 18.8 Å². The van der Waals surface area contributed by atoms with Crippen molar-refractivity contribution >= 4 is 11.6 Å². The Morgan fingerprint density at radius 2 is 2.00 bits per heavy atom. The number of carbonyl (C=O) groups excluding carboxylic acids is 1. The maximum Gasteiger partial charge on any atom is 0.241 e. The van der Waals surface area contributed by atoms with Gasteiger partial charge in [0.2, 0.25) is 5.91 Å². The number of likely N-dealkylation sites (N-methyl/N-ethyl adjacent to an activating group) is 1. The minimum absolute atomic E-state index is 0.136. The van der Waals surface area contributed by atoms with Gasteiger partial charge in [0.25, 0.3) is 0 Å². The monoisotopic (exact) mass is 248 g/mol. The van der Waals surface area contributed by atoms with Gasteiger partial charge in [-0.25, -0.2) is 0 Å². The van der Waals surface area contributed by atoms with Crippen molar-refractivity contribution in [1.82, 2.24) is 4.90 Å². The molecule has 2 rings (SSSR count). The van der Waals surface area contributed by atoms with Crippen LogP contribution in [0.4, 0.5) is 5.69 Å². The fourth-order valence-corrected chi connectivity index (χ4v) is 2.15. The van der Waals surface area contributed by atoms with E-state index < -0.39 is 0 Å². The molecule has 18 heavy (non-hydrogen) atoms. The summed E-state index contributed by atoms with van der Waals surface area (Å²) in [6.45, 7) is 7.23. The number of amides is 1. The molecule has 0 radical (unpaired) electrons. The van der Waals surface area contributed by atoms with Gasteiger partial charge in [-0.2, -0.15) is 0 Å². The van der Waals surface area contributed by atoms with Gasteiger partial charge in [-0.15, -0.1) is 0 Å². The molecule has 1 N–H and O–H groups in total. The molecule has 1 amide bonds. The quantitative estimate of drug-likeness (QED) is 0.866. The molecule has 1 aromatic rings. The molecule has 4 heteroatoms. The van der Waals surface area contributed by atoms with E-state index in [1.807, 2.05) is 24.8 Å². The van der Waals surface area contributed by atoms with E-state index in [2.05, 4.69) is 17.4 Å². The Hall–Kier alpha value is -1.55. The van der Waals surface area contributed by atoms with Crippen molar-refractivity contribution in [2.75, 3.05) is 25.0 Å². The smallest absolute Gasteiger partial charge is 0.241 e. The molecule has 0 spiro atoms. The van der Waals surface area contributed by atoms with E-state index in [9.17, 15) is 4.79 Å². The zero-order valence-electron chi connectivity index (χ0n) is 11.0. The Labute approximate surface area is 108 Å². The second-order valence-corrected chi connectivity index (χ2v) is 4.40. The molecule has 1 heterocycles. The average Bonchev–Trinajstić information content (AvgIpc) is 2.85. The molecule has 0 atom stereocenters. The lowest BCUT2D eigenvalue weighted by Gasteiger charge is -2.19. The summed E-state index contributed by atoms with van der Waals surface area (Å²) < 4.78 is 5.37. The molecule has 1 aliphatic heterocycles. The zero-order chi connectivity index (χ0) is 13.0. The number of ether oxygens (including phenoxy) is 1. The summed E-state index contributed by atoms with van der Waals surface area (Å²) in [5.74, 6) is 0.136. The topological polar surface area (TPSA) is 41.6 Å². The third kappa shape index (κ3) is 2.82. The van der Waals surface area contributed by atoms with Crippen LogP contribution in [-0.4, -0.2) is 30.4 Å². The summed E-state index contributed by atoms with van der Waals surface area (Å²) in [6, 6.07) is 6.13. The third-order valence-corrected chi connectivity index (χ3v) is 3.28. The molecule has 0 saturated heterocycles. The van der Waals surface area contributed by atoms with Crippen molar-refractivity contribution in [3.05, 3.63) is 29.3 Å². The molecule has 0 aromatic heterocycles. The maximum atomic E-state index is 11.9. The van der Waals surface area contributed by atoms with Gasteiger partial charge in [-0.05, 0) is 37.1 Å². The van der Waals surface area contributed by atoms with Crippen LogP contribution in [0.15, 0.2) is 18.2 Å². The number of nitrogens with zero attached hydrogens (tertiary/aromatic N) is 1. The van der Waals surface area contributed by atoms with E-state index in [4.69, 9.17) is 4.74 Å². The summed E-state index contributed by atoms with van der Waals surface area (Å²) in [5.41, 5.74) is 3.45. The molecular formula is C14H20N2O2. The molecule has 0 unspecified atom stereocenters. The van der Waals surface area contributed by atoms with Crippen LogP contribution in [0, 0.1) is 0 Å². The number of anilines is 1. The van der Waals surface area contributed by atoms with Crippen molar-refractivity contribution in [3.8, 4) is 0 Å². The third-order valence-electron chi connectivity index (χ3n) is 3.28. The predicted molar refractivity (Wildman–Crippen MR) is 71.4 cm³/mol. The van der Waals surface area contributed by atoms with Crippen LogP contribution < -0.4 is 5.32 Å². The van der Waals surface area contributed by atoms with Crippen molar-refractivity contribution < 1.29 is 9.53 Å². The number of carbonyl (C=O) groups is 1. The normalized spacial score (nSPS) is 13.2. The van der Waals surface area contributed by atoms with Crippen LogP contribution in [0.25, 0.3) is 0 Å². The SMILES string of the molecule is CCN(CC)C(=O)CNc1ccc2c(c1)COC2. The Morgan fingerprint density at radius 3 is 2.72 bits per heavy atom. The van der Waals surface area contributed by atoms with E-state index in [1.54, 1.807) is 0 Å². The van der Waals surface area contributed by atoms with Gasteiger partial charge in [0, 0.05) is 18.8 Å². The summed E-state index contributed by atoms with van der Waals surface area (Å²) >= 11 is 0. The van der Waals surface area contributed by atoms with Crippen molar-refractivity contribution in [1.29, 1.82) is 0 Å². The predicted octanol–water partition coefficient (Wildman–Crippen LogP) is 2.00. The van der Waals surface area contributed by atoms with Gasteiger partial charge < -0.3 is 15.0 Å². The van der Waals surface area contributed by atoms with Crippen LogP contribution in [-0.2, 0) is 22.7 Å². The molecule has 0 saturated carbocycles. The molecule has 0 aliphatic carbocycles. The van der Waals surface area contributed by atoms with E-state index >= 15 is 0 Å². The van der Waals surface area contributed by atoms with Gasteiger partial charge in [-0.1, -0.05) is 6.07 Å². The second kappa shape index (κ2) is 5.87. The van der Waals surface area contributed by atoms with Crippen molar-refractivity contribution in [2.24, 2.45) is 0 Å². The minimum atomic E-state index is 0.136. The first kappa shape index (κ1) is 12.9. The molecular weight excluding hydrogens is 228 g/mol. The number of hydrogen-bond acceptors (Lipinski definition) is 3. The fourth-order valence-electron chi connectivity index (χ4n) is 2.15. The lowest BCUT2D eigenvalue weighted by molar-refractivity contribution is -0.128. The van der Waals surface area contributed by atoms with Crippen LogP contribution in [0.5, 0.6) is 0 Å². The first-order valence-electron chi connectivity index (χ1n) is 6.45. The highest BCUT2D eigenvalue weighted by Crippen LogP contribution is 2.22. The molecule has 98 valence electrons. The highest BCUT2D eigenvalue weighted by Gasteiger charge is 2.12. The molecule has 0 fully saturated rings. The lowest BCUT2D eigenvalue weighted by atomic mass is 10.1. The van der Waals surface area contributed by atoms with Gasteiger partial charge in [0.05, 0.1) is 19.8 Å². The Morgan fingerprint density at radius 1 is 1.28 bits per heavy atom. The number of nitrogens with one attached hydrogen (secondary N) is 1. The van der Waals surface area contributed by atoms with Gasteiger partial charge in [-0.3, -0.25) is 4.79 Å². The van der Waals surface area contributed by atoms with Crippen LogP contribution in [0.3, 0.4) is 0 Å². The number of fused-ring (bicyclic) bond motifs is 1. The molecule has 4 nitrogen and oxygen atoms in total. The second-order valence-electron chi connectivity index (χ2n) is 4.40. The Kier molecular flexibility index (Phi) is 4.20. The highest BCUT2D eigenvalue weighted by molar-refractivity contribution is 5.80. The van der Waals surface area contributed by atoms with E-state index in [1.165, 1.54) is 11.1 Å². The summed E-state index contributed by atoms with van der Waals surface area (Å²) in [6.07, 6.45) is 0. The van der Waals surface area contributed by atoms with Gasteiger partial charge >= 0.3 is 0 Å². The number of hydrogen-bond donors (Lipinski definition) is 1. The fraction of sp³-hybridized carbons (Fsp3) is 0.500. The Bertz CT molecular complexity index is 428. The summed E-state index contributed by atoms with van der Waals surface area (Å²) in [7, 11) is 0. The van der Waals surface area contributed by atoms with E-state index in [0.29, 0.717) is 19.8 Å². The van der Waals surface area contributed by atoms with Crippen LogP contribution >= 0.6 is 0 Å². The maximum absolute atomic E-state index is 11.9. The first-order chi connectivity index (χ1) is 8.74. The zero-order valence-corrected chi connectivity index (χ0v) is 11.0. The lowest BCUT2D eigenvalue weighted by Crippen LogP contribution is -2.35. The van der Waals surface area contributed by atoms with Crippen LogP contribution in [0.2, 0.25) is 0 Å². The van der Waals surface area contributed by atoms with Gasteiger partial charge in [0.15, 0.2) is 0 Å². The standard InChI is InChI=1S/C14H20N2O2/c1-3-16(4-2)14(17)8-15-13-6-5-11-9-18-10-12(11)7-13/h5-7,15H,3-4,8-10H2,1-2H3.